The summed E-state index contributed by atoms with van der Waals surface area (Å²) in [6.07, 6.45) is 1.82. The fraction of sp³-hybridized carbons (Fsp3) is 0.118. The number of nitrogens with two attached hydrogens (primary N) is 1. The van der Waals surface area contributed by atoms with Crippen molar-refractivity contribution < 1.29 is 0 Å². The van der Waals surface area contributed by atoms with Gasteiger partial charge in [0, 0.05) is 12.7 Å². The van der Waals surface area contributed by atoms with Gasteiger partial charge in [-0.25, -0.2) is 4.98 Å². The summed E-state index contributed by atoms with van der Waals surface area (Å²) in [5, 5.41) is 5.82. The summed E-state index contributed by atoms with van der Waals surface area (Å²) in [7, 11) is 0. The molecule has 0 fully saturated rings. The summed E-state index contributed by atoms with van der Waals surface area (Å²) in [6, 6.07) is 16.6. The highest BCUT2D eigenvalue weighted by Gasteiger charge is 2.03. The van der Waals surface area contributed by atoms with Crippen LogP contribution in [-0.4, -0.2) is 4.98 Å². The van der Waals surface area contributed by atoms with E-state index in [0.29, 0.717) is 12.2 Å². The van der Waals surface area contributed by atoms with Crippen LogP contribution in [0, 0.1) is 6.92 Å². The molecule has 0 amide bonds. The van der Waals surface area contributed by atoms with Crippen LogP contribution in [-0.2, 0) is 6.54 Å². The molecule has 3 rings (SSSR count). The SMILES string of the molecule is Cc1cnc(NCc2cccc3ccccc23)c(N)c1. The molecule has 3 aromatic rings. The highest BCUT2D eigenvalue weighted by Crippen LogP contribution is 2.21. The summed E-state index contributed by atoms with van der Waals surface area (Å²) < 4.78 is 0. The smallest absolute Gasteiger partial charge is 0.149 e. The maximum absolute atomic E-state index is 5.97. The predicted molar refractivity (Wildman–Crippen MR) is 84.7 cm³/mol. The first-order valence-corrected chi connectivity index (χ1v) is 6.66. The number of nitrogen functional groups attached to an aromatic ring is 1. The molecule has 0 saturated carbocycles. The van der Waals surface area contributed by atoms with Gasteiger partial charge in [0.15, 0.2) is 0 Å². The van der Waals surface area contributed by atoms with Crippen LogP contribution in [0.5, 0.6) is 0 Å². The maximum atomic E-state index is 5.97. The van der Waals surface area contributed by atoms with Crippen molar-refractivity contribution in [1.29, 1.82) is 0 Å². The van der Waals surface area contributed by atoms with E-state index in [2.05, 4.69) is 52.8 Å². The lowest BCUT2D eigenvalue weighted by atomic mass is 10.0. The average Bonchev–Trinajstić information content (AvgIpc) is 2.46. The van der Waals surface area contributed by atoms with Gasteiger partial charge in [0.2, 0.25) is 0 Å². The topological polar surface area (TPSA) is 50.9 Å². The van der Waals surface area contributed by atoms with Gasteiger partial charge in [-0.05, 0) is 34.9 Å². The van der Waals surface area contributed by atoms with Crippen molar-refractivity contribution in [3.05, 3.63) is 65.9 Å². The van der Waals surface area contributed by atoms with Crippen molar-refractivity contribution in [2.45, 2.75) is 13.5 Å². The number of hydrogen-bond donors (Lipinski definition) is 2. The number of aryl methyl sites for hydroxylation is 1. The van der Waals surface area contributed by atoms with E-state index in [4.69, 9.17) is 5.73 Å². The summed E-state index contributed by atoms with van der Waals surface area (Å²) in [6.45, 7) is 2.69. The third kappa shape index (κ3) is 2.43. The summed E-state index contributed by atoms with van der Waals surface area (Å²) in [5.74, 6) is 0.739. The lowest BCUT2D eigenvalue weighted by Crippen LogP contribution is -2.05. The fourth-order valence-corrected chi connectivity index (χ4v) is 2.37. The van der Waals surface area contributed by atoms with E-state index in [1.165, 1.54) is 16.3 Å². The minimum atomic E-state index is 0.685. The Morgan fingerprint density at radius 2 is 1.90 bits per heavy atom. The Morgan fingerprint density at radius 3 is 2.75 bits per heavy atom. The highest BCUT2D eigenvalue weighted by molar-refractivity contribution is 5.85. The lowest BCUT2D eigenvalue weighted by molar-refractivity contribution is 1.12. The molecule has 1 heterocycles. The Balaban J connectivity index is 1.87. The van der Waals surface area contributed by atoms with Gasteiger partial charge in [-0.3, -0.25) is 0 Å². The molecule has 20 heavy (non-hydrogen) atoms. The second-order valence-corrected chi connectivity index (χ2v) is 4.94. The maximum Gasteiger partial charge on any atom is 0.149 e. The normalized spacial score (nSPS) is 10.7. The van der Waals surface area contributed by atoms with Crippen LogP contribution in [0.15, 0.2) is 54.7 Å². The molecule has 0 saturated heterocycles. The monoisotopic (exact) mass is 263 g/mol. The van der Waals surface area contributed by atoms with Crippen molar-refractivity contribution in [2.75, 3.05) is 11.1 Å². The lowest BCUT2D eigenvalue weighted by Gasteiger charge is -2.11. The summed E-state index contributed by atoms with van der Waals surface area (Å²) >= 11 is 0. The second-order valence-electron chi connectivity index (χ2n) is 4.94. The molecule has 0 bridgehead atoms. The largest absolute Gasteiger partial charge is 0.396 e. The number of fused-ring (bicyclic) bond motifs is 1. The standard InChI is InChI=1S/C17H17N3/c1-12-9-16(18)17(19-10-12)20-11-14-7-4-6-13-5-2-3-8-15(13)14/h2-10H,11,18H2,1H3,(H,19,20). The van der Waals surface area contributed by atoms with Gasteiger partial charge >= 0.3 is 0 Å². The van der Waals surface area contributed by atoms with Crippen LogP contribution in [0.1, 0.15) is 11.1 Å². The molecule has 1 aromatic heterocycles. The third-order valence-corrected chi connectivity index (χ3v) is 3.38. The predicted octanol–water partition coefficient (Wildman–Crippen LogP) is 3.74. The molecule has 0 aliphatic heterocycles. The van der Waals surface area contributed by atoms with Crippen LogP contribution in [0.4, 0.5) is 11.5 Å². The first-order chi connectivity index (χ1) is 9.74. The quantitative estimate of drug-likeness (QED) is 0.757. The number of nitrogens with one attached hydrogen (secondary N) is 1. The molecule has 3 N–H and O–H groups in total. The molecular formula is C17H17N3. The van der Waals surface area contributed by atoms with Crippen molar-refractivity contribution >= 4 is 22.3 Å². The number of rotatable bonds is 3. The summed E-state index contributed by atoms with van der Waals surface area (Å²) in [5.41, 5.74) is 8.97. The van der Waals surface area contributed by atoms with Gasteiger partial charge in [0.1, 0.15) is 5.82 Å². The van der Waals surface area contributed by atoms with Gasteiger partial charge in [-0.2, -0.15) is 0 Å². The number of anilines is 2. The molecule has 0 unspecified atom stereocenters. The number of aromatic nitrogens is 1. The van der Waals surface area contributed by atoms with Gasteiger partial charge in [-0.1, -0.05) is 42.5 Å². The van der Waals surface area contributed by atoms with E-state index < -0.39 is 0 Å². The third-order valence-electron chi connectivity index (χ3n) is 3.38. The van der Waals surface area contributed by atoms with Gasteiger partial charge < -0.3 is 11.1 Å². The Labute approximate surface area is 118 Å². The van der Waals surface area contributed by atoms with Crippen molar-refractivity contribution in [2.24, 2.45) is 0 Å². The molecule has 2 aromatic carbocycles. The average molecular weight is 263 g/mol. The Bertz CT molecular complexity index is 745. The molecule has 100 valence electrons. The molecular weight excluding hydrogens is 246 g/mol. The zero-order chi connectivity index (χ0) is 13.9. The zero-order valence-electron chi connectivity index (χ0n) is 11.4. The first-order valence-electron chi connectivity index (χ1n) is 6.66. The number of benzene rings is 2. The molecule has 0 aliphatic rings. The van der Waals surface area contributed by atoms with Crippen LogP contribution in [0.25, 0.3) is 10.8 Å². The van der Waals surface area contributed by atoms with E-state index in [9.17, 15) is 0 Å². The molecule has 0 radical (unpaired) electrons. The number of pyridine rings is 1. The first kappa shape index (κ1) is 12.5. The van der Waals surface area contributed by atoms with Crippen molar-refractivity contribution in [3.63, 3.8) is 0 Å². The molecule has 0 aliphatic carbocycles. The summed E-state index contributed by atoms with van der Waals surface area (Å²) in [4.78, 5) is 4.34. The Hall–Kier alpha value is -2.55. The van der Waals surface area contributed by atoms with E-state index in [0.717, 1.165) is 11.4 Å². The molecule has 3 heteroatoms. The zero-order valence-corrected chi connectivity index (χ0v) is 11.4. The molecule has 0 atom stereocenters. The van der Waals surface area contributed by atoms with E-state index in [1.807, 2.05) is 19.2 Å². The van der Waals surface area contributed by atoms with E-state index >= 15 is 0 Å². The van der Waals surface area contributed by atoms with E-state index in [-0.39, 0.29) is 0 Å². The van der Waals surface area contributed by atoms with Gasteiger partial charge in [-0.15, -0.1) is 0 Å². The number of hydrogen-bond acceptors (Lipinski definition) is 3. The second kappa shape index (κ2) is 5.21. The van der Waals surface area contributed by atoms with Crippen LogP contribution >= 0.6 is 0 Å². The minimum absolute atomic E-state index is 0.685. The minimum Gasteiger partial charge on any atom is -0.396 e. The molecule has 0 spiro atoms. The van der Waals surface area contributed by atoms with Crippen molar-refractivity contribution in [3.8, 4) is 0 Å². The van der Waals surface area contributed by atoms with Gasteiger partial charge in [0.25, 0.3) is 0 Å². The fourth-order valence-electron chi connectivity index (χ4n) is 2.37. The number of nitrogens with zero attached hydrogens (tertiary/aromatic N) is 1. The van der Waals surface area contributed by atoms with E-state index in [1.54, 1.807) is 0 Å². The van der Waals surface area contributed by atoms with Crippen LogP contribution in [0.3, 0.4) is 0 Å². The Morgan fingerprint density at radius 1 is 1.10 bits per heavy atom. The van der Waals surface area contributed by atoms with Crippen LogP contribution in [0.2, 0.25) is 0 Å². The van der Waals surface area contributed by atoms with Crippen LogP contribution < -0.4 is 11.1 Å². The molecule has 3 nitrogen and oxygen atoms in total. The van der Waals surface area contributed by atoms with Gasteiger partial charge in [0.05, 0.1) is 5.69 Å². The Kier molecular flexibility index (Phi) is 3.25. The van der Waals surface area contributed by atoms with Crippen molar-refractivity contribution in [1.82, 2.24) is 4.98 Å². The highest BCUT2D eigenvalue weighted by atomic mass is 15.0.